The van der Waals surface area contributed by atoms with Gasteiger partial charge in [0.2, 0.25) is 0 Å². The highest BCUT2D eigenvalue weighted by molar-refractivity contribution is 6.26. The zero-order valence-electron chi connectivity index (χ0n) is 20.9. The quantitative estimate of drug-likeness (QED) is 0.296. The summed E-state index contributed by atoms with van der Waals surface area (Å²) in [5.74, 6) is -0.141. The fourth-order valence-corrected chi connectivity index (χ4v) is 8.25. The van der Waals surface area contributed by atoms with Gasteiger partial charge in [0.15, 0.2) is 0 Å². The van der Waals surface area contributed by atoms with E-state index in [9.17, 15) is 15.3 Å². The van der Waals surface area contributed by atoms with Crippen LogP contribution in [0.2, 0.25) is 0 Å². The Bertz CT molecular complexity index is 934. The highest BCUT2D eigenvalue weighted by Crippen LogP contribution is 2.71. The molecule has 3 N–H and O–H groups in total. The Hall–Kier alpha value is -1.41. The van der Waals surface area contributed by atoms with Crippen molar-refractivity contribution in [3.05, 3.63) is 23.8 Å². The third-order valence-electron chi connectivity index (χ3n) is 9.43. The van der Waals surface area contributed by atoms with E-state index in [0.29, 0.717) is 19.6 Å². The summed E-state index contributed by atoms with van der Waals surface area (Å²) in [6.45, 7) is 10.3. The molecule has 0 aromatic carbocycles. The highest BCUT2D eigenvalue weighted by Gasteiger charge is 2.74. The first-order valence-electron chi connectivity index (χ1n) is 12.5. The van der Waals surface area contributed by atoms with Crippen LogP contribution in [0.5, 0.6) is 0 Å². The maximum Gasteiger partial charge on any atom is 0.117 e. The Morgan fingerprint density at radius 2 is 1.91 bits per heavy atom. The molecule has 0 unspecified atom stereocenters. The van der Waals surface area contributed by atoms with Crippen LogP contribution in [0.3, 0.4) is 0 Å². The van der Waals surface area contributed by atoms with Gasteiger partial charge in [0.05, 0.1) is 17.6 Å². The lowest BCUT2D eigenvalue weighted by Gasteiger charge is -2.64. The number of hydrogen-bond donors (Lipinski definition) is 3. The predicted octanol–water partition coefficient (Wildman–Crippen LogP) is 3.81. The second-order valence-electron chi connectivity index (χ2n) is 10.8. The molecule has 7 nitrogen and oxygen atoms in total. The molecule has 0 heterocycles. The van der Waals surface area contributed by atoms with Gasteiger partial charge < -0.3 is 25.0 Å². The summed E-state index contributed by atoms with van der Waals surface area (Å²) in [4.78, 5) is 9.58. The first kappa shape index (κ1) is 25.7. The van der Waals surface area contributed by atoms with Gasteiger partial charge in [0, 0.05) is 10.8 Å². The summed E-state index contributed by atoms with van der Waals surface area (Å²) >= 11 is 7.56. The summed E-state index contributed by atoms with van der Waals surface area (Å²) in [5.41, 5.74) is -0.502. The molecule has 190 valence electrons. The molecule has 0 aliphatic heterocycles. The van der Waals surface area contributed by atoms with Crippen molar-refractivity contribution >= 4 is 23.0 Å². The first-order chi connectivity index (χ1) is 16.0. The zero-order valence-corrected chi connectivity index (χ0v) is 21.7. The normalized spacial score (nSPS) is 47.0. The molecule has 4 aliphatic carbocycles. The monoisotopic (exact) mass is 494 g/mol. The van der Waals surface area contributed by atoms with Gasteiger partial charge >= 0.3 is 0 Å². The second-order valence-corrected chi connectivity index (χ2v) is 11.4. The molecular formula is C26H39ClN2O5. The summed E-state index contributed by atoms with van der Waals surface area (Å²) < 4.78 is 0. The van der Waals surface area contributed by atoms with Crippen molar-refractivity contribution in [3.63, 3.8) is 0 Å². The van der Waals surface area contributed by atoms with Gasteiger partial charge in [-0.2, -0.15) is 0 Å². The van der Waals surface area contributed by atoms with E-state index < -0.39 is 34.0 Å². The van der Waals surface area contributed by atoms with E-state index in [1.54, 1.807) is 0 Å². The molecule has 0 spiro atoms. The van der Waals surface area contributed by atoms with Crippen LogP contribution in [-0.4, -0.2) is 63.1 Å². The van der Waals surface area contributed by atoms with Crippen LogP contribution in [0.1, 0.15) is 60.3 Å². The van der Waals surface area contributed by atoms with Crippen LogP contribution < -0.4 is 0 Å². The Kier molecular flexibility index (Phi) is 6.73. The van der Waals surface area contributed by atoms with Crippen molar-refractivity contribution < 1.29 is 25.0 Å². The highest BCUT2D eigenvalue weighted by atomic mass is 35.5. The van der Waals surface area contributed by atoms with Crippen molar-refractivity contribution in [2.45, 2.75) is 76.9 Å². The molecule has 3 saturated carbocycles. The van der Waals surface area contributed by atoms with Gasteiger partial charge in [0.25, 0.3) is 0 Å². The maximum absolute atomic E-state index is 12.1. The maximum atomic E-state index is 12.1. The van der Waals surface area contributed by atoms with Crippen molar-refractivity contribution in [1.29, 1.82) is 0 Å². The summed E-state index contributed by atoms with van der Waals surface area (Å²) in [6.07, 6.45) is 7.86. The van der Waals surface area contributed by atoms with Gasteiger partial charge in [-0.25, -0.2) is 0 Å². The number of fused-ring (bicyclic) bond motifs is 5. The number of oxime groups is 2. The SMILES string of the molecule is CCO/N=C1/C=C[C@@]2(C)C(=C1)CC[C@H]1[C@@H]3C[C@@H](C)[C@](O)(/C(CO)=N\OCC)[C@@]3(C)C[C@H](O)[C@@]12Cl. The van der Waals surface area contributed by atoms with Gasteiger partial charge in [-0.15, -0.1) is 11.6 Å². The van der Waals surface area contributed by atoms with E-state index in [-0.39, 0.29) is 23.5 Å². The number of aliphatic hydroxyl groups is 3. The van der Waals surface area contributed by atoms with Crippen LogP contribution >= 0.6 is 11.6 Å². The Morgan fingerprint density at radius 3 is 2.56 bits per heavy atom. The number of rotatable bonds is 6. The summed E-state index contributed by atoms with van der Waals surface area (Å²) in [7, 11) is 0. The van der Waals surface area contributed by atoms with Gasteiger partial charge in [-0.3, -0.25) is 0 Å². The lowest BCUT2D eigenvalue weighted by atomic mass is 9.45. The lowest BCUT2D eigenvalue weighted by Crippen LogP contribution is -2.69. The average molecular weight is 495 g/mol. The number of nitrogens with zero attached hydrogens (tertiary/aromatic N) is 2. The predicted molar refractivity (Wildman–Crippen MR) is 133 cm³/mol. The number of alkyl halides is 1. The fourth-order valence-electron chi connectivity index (χ4n) is 7.73. The molecule has 0 amide bonds. The molecule has 0 aromatic heterocycles. The van der Waals surface area contributed by atoms with E-state index in [4.69, 9.17) is 21.3 Å². The van der Waals surface area contributed by atoms with Crippen LogP contribution in [0.25, 0.3) is 0 Å². The topological polar surface area (TPSA) is 104 Å². The van der Waals surface area contributed by atoms with E-state index in [0.717, 1.165) is 30.5 Å². The van der Waals surface area contributed by atoms with Crippen LogP contribution in [0, 0.1) is 28.6 Å². The first-order valence-corrected chi connectivity index (χ1v) is 12.9. The average Bonchev–Trinajstić information content (AvgIpc) is 3.00. The molecule has 3 fully saturated rings. The van der Waals surface area contributed by atoms with E-state index in [1.165, 1.54) is 0 Å². The Morgan fingerprint density at radius 1 is 1.21 bits per heavy atom. The van der Waals surface area contributed by atoms with Crippen molar-refractivity contribution in [2.75, 3.05) is 19.8 Å². The van der Waals surface area contributed by atoms with Crippen LogP contribution in [0.15, 0.2) is 34.1 Å². The summed E-state index contributed by atoms with van der Waals surface area (Å²) in [6, 6.07) is 0. The van der Waals surface area contributed by atoms with Crippen LogP contribution in [0.4, 0.5) is 0 Å². The van der Waals surface area contributed by atoms with Crippen molar-refractivity contribution in [3.8, 4) is 0 Å². The summed E-state index contributed by atoms with van der Waals surface area (Å²) in [5, 5.41) is 42.3. The third kappa shape index (κ3) is 3.26. The van der Waals surface area contributed by atoms with E-state index in [2.05, 4.69) is 23.3 Å². The number of allylic oxidation sites excluding steroid dienone is 4. The molecule has 0 aromatic rings. The fraction of sp³-hybridized carbons (Fsp3) is 0.769. The minimum Gasteiger partial charge on any atom is -0.396 e. The smallest absolute Gasteiger partial charge is 0.117 e. The Balaban J connectivity index is 1.76. The van der Waals surface area contributed by atoms with Gasteiger partial charge in [-0.1, -0.05) is 42.7 Å². The van der Waals surface area contributed by atoms with Crippen molar-refractivity contribution in [2.24, 2.45) is 38.9 Å². The molecule has 34 heavy (non-hydrogen) atoms. The second kappa shape index (κ2) is 8.91. The number of halogens is 1. The largest absolute Gasteiger partial charge is 0.396 e. The lowest BCUT2D eigenvalue weighted by molar-refractivity contribution is -0.136. The van der Waals surface area contributed by atoms with E-state index in [1.807, 2.05) is 39.8 Å². The Labute approximate surface area is 207 Å². The van der Waals surface area contributed by atoms with Crippen LogP contribution in [-0.2, 0) is 9.68 Å². The minimum atomic E-state index is -1.39. The zero-order chi connectivity index (χ0) is 24.9. The molecule has 0 bridgehead atoms. The number of aliphatic hydroxyl groups excluding tert-OH is 2. The van der Waals surface area contributed by atoms with Crippen molar-refractivity contribution in [1.82, 2.24) is 0 Å². The molecule has 4 aliphatic rings. The molecule has 0 radical (unpaired) electrons. The molecule has 8 atom stereocenters. The van der Waals surface area contributed by atoms with Gasteiger partial charge in [-0.05, 0) is 69.4 Å². The standard InChI is InChI=1S/C26H39ClN2O5/c1-6-33-28-18-10-11-23(4)17(13-18)8-9-19-20-12-16(3)26(32,21(15-30)29-34-7-2)24(20,5)14-22(31)25(19,23)27/h10-11,13,16,19-20,22,30-32H,6-9,12,14-15H2,1-5H3/b28-18-,29-21-/t16-,19+,20+,22+,23+,24+,25+,26+/m1/s1. The molecular weight excluding hydrogens is 456 g/mol. The third-order valence-corrected chi connectivity index (χ3v) is 10.4. The molecule has 0 saturated heterocycles. The van der Waals surface area contributed by atoms with E-state index >= 15 is 0 Å². The minimum absolute atomic E-state index is 0.0244. The molecule has 8 heteroatoms. The number of hydrogen-bond acceptors (Lipinski definition) is 7. The molecule has 4 rings (SSSR count). The van der Waals surface area contributed by atoms with Gasteiger partial charge in [0.1, 0.15) is 30.2 Å².